The minimum atomic E-state index is -1.09. The average Bonchev–Trinajstić information content (AvgIpc) is 3.21. The fraction of sp³-hybridized carbons (Fsp3) is 0.147. The van der Waals surface area contributed by atoms with E-state index >= 15 is 0 Å². The summed E-state index contributed by atoms with van der Waals surface area (Å²) < 4.78 is 12.9. The van der Waals surface area contributed by atoms with Crippen molar-refractivity contribution in [2.45, 2.75) is 31.8 Å². The zero-order valence-electron chi connectivity index (χ0n) is 21.5. The molecule has 186 valence electrons. The molecule has 0 saturated heterocycles. The largest absolute Gasteiger partial charge is 0.456 e. The molecule has 5 aromatic rings. The van der Waals surface area contributed by atoms with Gasteiger partial charge in [0.1, 0.15) is 11.5 Å². The molecule has 0 amide bonds. The molecule has 4 heteroatoms. The average molecular weight is 498 g/mol. The van der Waals surface area contributed by atoms with Gasteiger partial charge in [0.25, 0.3) is 0 Å². The molecule has 0 saturated carbocycles. The van der Waals surface area contributed by atoms with Gasteiger partial charge in [0.15, 0.2) is 5.60 Å². The summed E-state index contributed by atoms with van der Waals surface area (Å²) in [6.07, 6.45) is 0. The molecule has 0 aromatic heterocycles. The lowest BCUT2D eigenvalue weighted by atomic mass is 9.76. The molecule has 0 radical (unpaired) electrons. The number of hydrogen-bond acceptors (Lipinski definition) is 4. The lowest BCUT2D eigenvalue weighted by Gasteiger charge is -2.37. The summed E-state index contributed by atoms with van der Waals surface area (Å²) in [4.78, 5) is 13.2. The van der Waals surface area contributed by atoms with Crippen LogP contribution in [-0.2, 0) is 15.8 Å². The lowest BCUT2D eigenvalue weighted by Crippen LogP contribution is -2.33. The second-order valence-corrected chi connectivity index (χ2v) is 11.0. The third kappa shape index (κ3) is 3.26. The third-order valence-corrected chi connectivity index (χ3v) is 7.64. The highest BCUT2D eigenvalue weighted by atomic mass is 16.6. The van der Waals surface area contributed by atoms with E-state index in [1.165, 1.54) is 5.56 Å². The molecular formula is C34H27NO3. The van der Waals surface area contributed by atoms with Crippen molar-refractivity contribution in [1.29, 1.82) is 0 Å². The van der Waals surface area contributed by atoms with Gasteiger partial charge >= 0.3 is 5.97 Å². The van der Waals surface area contributed by atoms with Crippen LogP contribution in [0.5, 0.6) is 11.5 Å². The van der Waals surface area contributed by atoms with E-state index in [0.717, 1.165) is 38.8 Å². The third-order valence-electron chi connectivity index (χ3n) is 7.64. The van der Waals surface area contributed by atoms with Crippen molar-refractivity contribution >= 4 is 28.1 Å². The van der Waals surface area contributed by atoms with Gasteiger partial charge in [-0.05, 0) is 58.1 Å². The van der Waals surface area contributed by atoms with Crippen molar-refractivity contribution in [3.63, 3.8) is 0 Å². The van der Waals surface area contributed by atoms with Crippen molar-refractivity contribution in [3.8, 4) is 11.5 Å². The number of rotatable bonds is 2. The van der Waals surface area contributed by atoms with E-state index in [2.05, 4.69) is 68.6 Å². The number of benzene rings is 5. The van der Waals surface area contributed by atoms with Crippen LogP contribution in [0.25, 0.3) is 10.8 Å². The van der Waals surface area contributed by atoms with Crippen LogP contribution in [-0.4, -0.2) is 5.97 Å². The van der Waals surface area contributed by atoms with Crippen LogP contribution in [0.15, 0.2) is 103 Å². The molecule has 2 heterocycles. The van der Waals surface area contributed by atoms with Gasteiger partial charge in [-0.2, -0.15) is 0 Å². The van der Waals surface area contributed by atoms with Crippen LogP contribution >= 0.6 is 0 Å². The normalized spacial score (nSPS) is 17.4. The molecule has 38 heavy (non-hydrogen) atoms. The Morgan fingerprint density at radius 2 is 1.45 bits per heavy atom. The molecule has 1 unspecified atom stereocenters. The zero-order valence-corrected chi connectivity index (χ0v) is 21.5. The summed E-state index contributed by atoms with van der Waals surface area (Å²) in [5.74, 6) is 1.02. The number of carbonyl (C=O) groups excluding carboxylic acids is 1. The molecule has 0 aliphatic carbocycles. The molecule has 2 aliphatic heterocycles. The quantitative estimate of drug-likeness (QED) is 0.249. The first kappa shape index (κ1) is 22.6. The smallest absolute Gasteiger partial charge is 0.340 e. The Kier molecular flexibility index (Phi) is 4.74. The summed E-state index contributed by atoms with van der Waals surface area (Å²) in [5, 5.41) is 5.57. The molecule has 0 fully saturated rings. The molecule has 1 spiro atoms. The van der Waals surface area contributed by atoms with Crippen LogP contribution in [0, 0.1) is 0 Å². The Morgan fingerprint density at radius 3 is 2.26 bits per heavy atom. The van der Waals surface area contributed by atoms with Crippen LogP contribution in [0.4, 0.5) is 11.4 Å². The van der Waals surface area contributed by atoms with E-state index in [1.807, 2.05) is 60.7 Å². The first-order valence-electron chi connectivity index (χ1n) is 12.9. The van der Waals surface area contributed by atoms with E-state index in [0.29, 0.717) is 17.1 Å². The number of nitrogens with one attached hydrogen (secondary N) is 1. The predicted molar refractivity (Wildman–Crippen MR) is 151 cm³/mol. The van der Waals surface area contributed by atoms with Gasteiger partial charge in [-0.1, -0.05) is 81.4 Å². The van der Waals surface area contributed by atoms with Crippen molar-refractivity contribution in [2.24, 2.45) is 0 Å². The fourth-order valence-corrected chi connectivity index (χ4v) is 5.75. The number of fused-ring (bicyclic) bond motifs is 8. The van der Waals surface area contributed by atoms with Crippen LogP contribution < -0.4 is 10.1 Å². The van der Waals surface area contributed by atoms with E-state index in [4.69, 9.17) is 9.47 Å². The van der Waals surface area contributed by atoms with Crippen LogP contribution in [0.1, 0.15) is 53.4 Å². The van der Waals surface area contributed by atoms with Gasteiger partial charge in [0.2, 0.25) is 0 Å². The summed E-state index contributed by atoms with van der Waals surface area (Å²) in [6, 6.07) is 34.4. The van der Waals surface area contributed by atoms with Gasteiger partial charge in [-0.3, -0.25) is 0 Å². The van der Waals surface area contributed by atoms with Crippen molar-refractivity contribution in [1.82, 2.24) is 0 Å². The summed E-state index contributed by atoms with van der Waals surface area (Å²) in [5.41, 5.74) is 5.27. The van der Waals surface area contributed by atoms with Crippen LogP contribution in [0.2, 0.25) is 0 Å². The zero-order chi connectivity index (χ0) is 26.1. The second-order valence-electron chi connectivity index (χ2n) is 11.0. The maximum atomic E-state index is 13.2. The molecule has 4 nitrogen and oxygen atoms in total. The van der Waals surface area contributed by atoms with E-state index in [1.54, 1.807) is 0 Å². The summed E-state index contributed by atoms with van der Waals surface area (Å²) in [6.45, 7) is 6.63. The summed E-state index contributed by atoms with van der Waals surface area (Å²) in [7, 11) is 0. The minimum Gasteiger partial charge on any atom is -0.456 e. The first-order valence-corrected chi connectivity index (χ1v) is 12.9. The number of ether oxygens (including phenoxy) is 2. The SMILES string of the molecule is CC(C)(C)c1ccc(Nc2ccc3c(c2)Oc2ccc4ccccc4c2C32OC(=O)c3ccccc32)cc1. The summed E-state index contributed by atoms with van der Waals surface area (Å²) >= 11 is 0. The highest BCUT2D eigenvalue weighted by molar-refractivity contribution is 6.00. The Balaban J connectivity index is 1.39. The Bertz CT molecular complexity index is 1750. The molecule has 2 aliphatic rings. The Morgan fingerprint density at radius 1 is 0.711 bits per heavy atom. The highest BCUT2D eigenvalue weighted by Crippen LogP contribution is 2.58. The maximum Gasteiger partial charge on any atom is 0.340 e. The molecule has 7 rings (SSSR count). The van der Waals surface area contributed by atoms with E-state index in [-0.39, 0.29) is 11.4 Å². The van der Waals surface area contributed by atoms with E-state index < -0.39 is 5.60 Å². The number of esters is 1. The Hall–Kier alpha value is -4.57. The molecule has 1 atom stereocenters. The molecule has 5 aromatic carbocycles. The van der Waals surface area contributed by atoms with Crippen molar-refractivity contribution < 1.29 is 14.3 Å². The first-order chi connectivity index (χ1) is 18.3. The van der Waals surface area contributed by atoms with Crippen molar-refractivity contribution in [2.75, 3.05) is 5.32 Å². The number of hydrogen-bond donors (Lipinski definition) is 1. The Labute approximate surface area is 221 Å². The van der Waals surface area contributed by atoms with Crippen molar-refractivity contribution in [3.05, 3.63) is 131 Å². The lowest BCUT2D eigenvalue weighted by molar-refractivity contribution is 0.0229. The van der Waals surface area contributed by atoms with Crippen LogP contribution in [0.3, 0.4) is 0 Å². The number of anilines is 2. The van der Waals surface area contributed by atoms with Gasteiger partial charge in [0.05, 0.1) is 11.1 Å². The van der Waals surface area contributed by atoms with Gasteiger partial charge in [-0.15, -0.1) is 0 Å². The number of carbonyl (C=O) groups is 1. The predicted octanol–water partition coefficient (Wildman–Crippen LogP) is 8.45. The van der Waals surface area contributed by atoms with E-state index in [9.17, 15) is 4.79 Å². The topological polar surface area (TPSA) is 47.6 Å². The fourth-order valence-electron chi connectivity index (χ4n) is 5.75. The highest BCUT2D eigenvalue weighted by Gasteiger charge is 2.54. The monoisotopic (exact) mass is 497 g/mol. The molecule has 0 bridgehead atoms. The van der Waals surface area contributed by atoms with Gasteiger partial charge in [0, 0.05) is 28.6 Å². The minimum absolute atomic E-state index is 0.0963. The maximum absolute atomic E-state index is 13.2. The second kappa shape index (κ2) is 7.96. The van der Waals surface area contributed by atoms with Gasteiger partial charge in [-0.25, -0.2) is 4.79 Å². The standard InChI is InChI=1S/C34H27NO3/c1-33(2,3)22-13-15-23(16-14-22)35-24-17-18-28-30(20-24)37-29-19-12-21-8-4-5-9-25(21)31(29)34(28)27-11-7-6-10-26(27)32(36)38-34/h4-20,35H,1-3H3. The molecular weight excluding hydrogens is 470 g/mol. The molecule has 1 N–H and O–H groups in total. The van der Waals surface area contributed by atoms with Gasteiger partial charge < -0.3 is 14.8 Å².